The van der Waals surface area contributed by atoms with Crippen molar-refractivity contribution in [2.75, 3.05) is 51.6 Å². The maximum atomic E-state index is 5.68. The molecule has 6 nitrogen and oxygen atoms in total. The van der Waals surface area contributed by atoms with Gasteiger partial charge in [0.05, 0.1) is 26.0 Å². The Labute approximate surface area is 107 Å². The molecule has 1 heterocycles. The van der Waals surface area contributed by atoms with Crippen molar-refractivity contribution in [3.8, 4) is 5.88 Å². The number of nitrogens with two attached hydrogens (primary N) is 1. The molecule has 0 amide bonds. The van der Waals surface area contributed by atoms with Crippen LogP contribution in [0.2, 0.25) is 0 Å². The van der Waals surface area contributed by atoms with Gasteiger partial charge in [0.15, 0.2) is 0 Å². The zero-order valence-electron chi connectivity index (χ0n) is 10.9. The van der Waals surface area contributed by atoms with Gasteiger partial charge in [-0.15, -0.1) is 0 Å². The molecule has 0 atom stereocenters. The lowest BCUT2D eigenvalue weighted by Crippen LogP contribution is -2.09. The molecular formula is C12H21N3O3. The summed E-state index contributed by atoms with van der Waals surface area (Å²) in [7, 11) is 3.21. The van der Waals surface area contributed by atoms with Gasteiger partial charge in [-0.25, -0.2) is 0 Å². The number of aromatic nitrogens is 1. The molecule has 0 saturated carbocycles. The van der Waals surface area contributed by atoms with Crippen LogP contribution in [0.4, 0.5) is 11.5 Å². The second-order valence-corrected chi connectivity index (χ2v) is 3.68. The summed E-state index contributed by atoms with van der Waals surface area (Å²) < 4.78 is 15.3. The van der Waals surface area contributed by atoms with Crippen molar-refractivity contribution in [3.63, 3.8) is 0 Å². The minimum Gasteiger partial charge on any atom is -0.479 e. The van der Waals surface area contributed by atoms with Crippen LogP contribution < -0.4 is 15.8 Å². The van der Waals surface area contributed by atoms with E-state index < -0.39 is 0 Å². The summed E-state index contributed by atoms with van der Waals surface area (Å²) in [6, 6.07) is 3.59. The standard InChI is InChI=1S/C12H21N3O3/c1-16-8-9-18-7-3-6-14-11-5-4-10(13)12(15-11)17-2/h4-5H,3,6-9,13H2,1-2H3,(H,14,15). The van der Waals surface area contributed by atoms with Crippen LogP contribution in [0.5, 0.6) is 5.88 Å². The first-order valence-corrected chi connectivity index (χ1v) is 5.89. The Morgan fingerprint density at radius 1 is 1.22 bits per heavy atom. The maximum Gasteiger partial charge on any atom is 0.238 e. The second kappa shape index (κ2) is 8.54. The first-order valence-electron chi connectivity index (χ1n) is 5.89. The van der Waals surface area contributed by atoms with Crippen LogP contribution in [0.3, 0.4) is 0 Å². The first-order chi connectivity index (χ1) is 8.77. The monoisotopic (exact) mass is 255 g/mol. The van der Waals surface area contributed by atoms with E-state index in [0.29, 0.717) is 31.4 Å². The molecular weight excluding hydrogens is 234 g/mol. The van der Waals surface area contributed by atoms with E-state index in [1.807, 2.05) is 6.07 Å². The van der Waals surface area contributed by atoms with Crippen molar-refractivity contribution in [2.45, 2.75) is 6.42 Å². The average Bonchev–Trinajstić information content (AvgIpc) is 2.39. The van der Waals surface area contributed by atoms with Crippen LogP contribution in [0, 0.1) is 0 Å². The minimum absolute atomic E-state index is 0.441. The number of pyridine rings is 1. The Morgan fingerprint density at radius 2 is 2.06 bits per heavy atom. The molecule has 0 aromatic carbocycles. The number of nitrogens with zero attached hydrogens (tertiary/aromatic N) is 1. The Bertz CT molecular complexity index is 347. The molecule has 0 bridgehead atoms. The van der Waals surface area contributed by atoms with E-state index in [2.05, 4.69) is 10.3 Å². The molecule has 0 aliphatic heterocycles. The molecule has 0 aliphatic rings. The Balaban J connectivity index is 2.19. The molecule has 0 spiro atoms. The van der Waals surface area contributed by atoms with Gasteiger partial charge in [-0.1, -0.05) is 0 Å². The summed E-state index contributed by atoms with van der Waals surface area (Å²) in [6.45, 7) is 2.74. The highest BCUT2D eigenvalue weighted by Gasteiger charge is 2.01. The van der Waals surface area contributed by atoms with Gasteiger partial charge in [0, 0.05) is 20.3 Å². The lowest BCUT2D eigenvalue weighted by molar-refractivity contribution is 0.0705. The Morgan fingerprint density at radius 3 is 2.78 bits per heavy atom. The van der Waals surface area contributed by atoms with E-state index in [-0.39, 0.29) is 0 Å². The van der Waals surface area contributed by atoms with Crippen molar-refractivity contribution >= 4 is 11.5 Å². The summed E-state index contributed by atoms with van der Waals surface area (Å²) in [5.41, 5.74) is 6.21. The molecule has 0 radical (unpaired) electrons. The van der Waals surface area contributed by atoms with Crippen molar-refractivity contribution < 1.29 is 14.2 Å². The smallest absolute Gasteiger partial charge is 0.238 e. The minimum atomic E-state index is 0.441. The van der Waals surface area contributed by atoms with Gasteiger partial charge in [-0.3, -0.25) is 0 Å². The molecule has 0 unspecified atom stereocenters. The predicted octanol–water partition coefficient (Wildman–Crippen LogP) is 1.14. The summed E-state index contributed by atoms with van der Waals surface area (Å²) in [4.78, 5) is 4.22. The summed E-state index contributed by atoms with van der Waals surface area (Å²) in [6.07, 6.45) is 0.901. The molecule has 3 N–H and O–H groups in total. The topological polar surface area (TPSA) is 78.6 Å². The molecule has 18 heavy (non-hydrogen) atoms. The third-order valence-electron chi connectivity index (χ3n) is 2.29. The van der Waals surface area contributed by atoms with Crippen LogP contribution >= 0.6 is 0 Å². The van der Waals surface area contributed by atoms with E-state index in [0.717, 1.165) is 18.8 Å². The molecule has 1 aromatic heterocycles. The summed E-state index contributed by atoms with van der Waals surface area (Å²) in [5, 5.41) is 3.18. The van der Waals surface area contributed by atoms with E-state index >= 15 is 0 Å². The third-order valence-corrected chi connectivity index (χ3v) is 2.29. The zero-order valence-corrected chi connectivity index (χ0v) is 10.9. The van der Waals surface area contributed by atoms with Crippen molar-refractivity contribution in [1.82, 2.24) is 4.98 Å². The second-order valence-electron chi connectivity index (χ2n) is 3.68. The number of methoxy groups -OCH3 is 2. The molecule has 6 heteroatoms. The summed E-state index contributed by atoms with van der Waals surface area (Å²) in [5.74, 6) is 1.19. The van der Waals surface area contributed by atoms with Crippen LogP contribution in [0.15, 0.2) is 12.1 Å². The van der Waals surface area contributed by atoms with E-state index in [1.165, 1.54) is 0 Å². The van der Waals surface area contributed by atoms with Gasteiger partial charge in [0.2, 0.25) is 5.88 Å². The fourth-order valence-electron chi connectivity index (χ4n) is 1.35. The Hall–Kier alpha value is -1.53. The number of hydrogen-bond donors (Lipinski definition) is 2. The lowest BCUT2D eigenvalue weighted by Gasteiger charge is -2.08. The Kier molecular flexibility index (Phi) is 6.90. The van der Waals surface area contributed by atoms with Gasteiger partial charge >= 0.3 is 0 Å². The molecule has 1 aromatic rings. The number of nitrogen functional groups attached to an aromatic ring is 1. The normalized spacial score (nSPS) is 10.3. The van der Waals surface area contributed by atoms with Gasteiger partial charge in [-0.05, 0) is 18.6 Å². The van der Waals surface area contributed by atoms with E-state index in [4.69, 9.17) is 19.9 Å². The predicted molar refractivity (Wildman–Crippen MR) is 71.0 cm³/mol. The number of anilines is 2. The zero-order chi connectivity index (χ0) is 13.2. The van der Waals surface area contributed by atoms with Crippen molar-refractivity contribution in [2.24, 2.45) is 0 Å². The van der Waals surface area contributed by atoms with Crippen LogP contribution in [0.1, 0.15) is 6.42 Å². The SMILES string of the molecule is COCCOCCCNc1ccc(N)c(OC)n1. The molecule has 102 valence electrons. The lowest BCUT2D eigenvalue weighted by atomic mass is 10.4. The number of rotatable bonds is 9. The van der Waals surface area contributed by atoms with Crippen LogP contribution in [-0.2, 0) is 9.47 Å². The largest absolute Gasteiger partial charge is 0.479 e. The highest BCUT2D eigenvalue weighted by Crippen LogP contribution is 2.19. The maximum absolute atomic E-state index is 5.68. The van der Waals surface area contributed by atoms with Gasteiger partial charge < -0.3 is 25.3 Å². The number of hydrogen-bond acceptors (Lipinski definition) is 6. The summed E-state index contributed by atoms with van der Waals surface area (Å²) >= 11 is 0. The molecule has 1 rings (SSSR count). The third kappa shape index (κ3) is 5.20. The first kappa shape index (κ1) is 14.5. The van der Waals surface area contributed by atoms with Crippen molar-refractivity contribution in [1.29, 1.82) is 0 Å². The number of nitrogens with one attached hydrogen (secondary N) is 1. The molecule has 0 saturated heterocycles. The average molecular weight is 255 g/mol. The number of ether oxygens (including phenoxy) is 3. The van der Waals surface area contributed by atoms with E-state index in [9.17, 15) is 0 Å². The van der Waals surface area contributed by atoms with E-state index in [1.54, 1.807) is 20.3 Å². The van der Waals surface area contributed by atoms with Crippen LogP contribution in [-0.4, -0.2) is 45.6 Å². The highest BCUT2D eigenvalue weighted by atomic mass is 16.5. The molecule has 0 aliphatic carbocycles. The highest BCUT2D eigenvalue weighted by molar-refractivity contribution is 5.53. The van der Waals surface area contributed by atoms with Crippen molar-refractivity contribution in [3.05, 3.63) is 12.1 Å². The quantitative estimate of drug-likeness (QED) is 0.644. The van der Waals surface area contributed by atoms with Gasteiger partial charge in [0.1, 0.15) is 5.82 Å². The van der Waals surface area contributed by atoms with Gasteiger partial charge in [-0.2, -0.15) is 4.98 Å². The molecule has 0 fully saturated rings. The fraction of sp³-hybridized carbons (Fsp3) is 0.583. The van der Waals surface area contributed by atoms with Gasteiger partial charge in [0.25, 0.3) is 0 Å². The fourth-order valence-corrected chi connectivity index (χ4v) is 1.35. The van der Waals surface area contributed by atoms with Crippen LogP contribution in [0.25, 0.3) is 0 Å².